The van der Waals surface area contributed by atoms with Crippen LogP contribution in [0.15, 0.2) is 107 Å². The Morgan fingerprint density at radius 2 is 0.785 bits per heavy atom. The number of benzene rings is 4. The van der Waals surface area contributed by atoms with Crippen LogP contribution < -0.4 is 8.37 Å². The maximum atomic E-state index is 16.5. The third-order valence-electron chi connectivity index (χ3n) is 11.4. The molecule has 4 aromatic rings. The topological polar surface area (TPSA) is 86.7 Å². The van der Waals surface area contributed by atoms with Gasteiger partial charge in [-0.3, -0.25) is 0 Å². The number of rotatable bonds is 26. The molecule has 0 N–H and O–H groups in total. The van der Waals surface area contributed by atoms with Crippen LogP contribution in [0.5, 0.6) is 11.5 Å². The van der Waals surface area contributed by atoms with Crippen molar-refractivity contribution < 1.29 is 51.5 Å². The molecule has 0 bridgehead atoms. The lowest BCUT2D eigenvalue weighted by atomic mass is 9.70. The quantitative estimate of drug-likeness (QED) is 0.0354. The van der Waals surface area contributed by atoms with Crippen LogP contribution in [0, 0.1) is 0 Å². The van der Waals surface area contributed by atoms with Crippen molar-refractivity contribution in [1.29, 1.82) is 0 Å². The van der Waals surface area contributed by atoms with Crippen LogP contribution in [0.2, 0.25) is 0 Å². The summed E-state index contributed by atoms with van der Waals surface area (Å²) in [7, 11) is -10.2. The van der Waals surface area contributed by atoms with Gasteiger partial charge in [-0.15, -0.1) is 0 Å². The highest BCUT2D eigenvalue weighted by atomic mass is 32.2. The van der Waals surface area contributed by atoms with Crippen LogP contribution in [-0.4, -0.2) is 29.2 Å². The van der Waals surface area contributed by atoms with Crippen LogP contribution >= 0.6 is 0 Å². The van der Waals surface area contributed by atoms with Crippen molar-refractivity contribution in [2.24, 2.45) is 0 Å². The van der Waals surface area contributed by atoms with E-state index in [1.54, 1.807) is 0 Å². The van der Waals surface area contributed by atoms with Crippen LogP contribution in [0.1, 0.15) is 151 Å². The minimum absolute atomic E-state index is 0.183. The van der Waals surface area contributed by atoms with Crippen molar-refractivity contribution >= 4 is 32.4 Å². The zero-order valence-corrected chi connectivity index (χ0v) is 39.4. The molecule has 356 valence electrons. The van der Waals surface area contributed by atoms with E-state index in [0.717, 1.165) is 101 Å². The normalized spacial score (nSPS) is 13.0. The Hall–Kier alpha value is -4.56. The second-order valence-electron chi connectivity index (χ2n) is 16.2. The lowest BCUT2D eigenvalue weighted by Crippen LogP contribution is -2.55. The lowest BCUT2D eigenvalue weighted by molar-refractivity contribution is -0.289. The van der Waals surface area contributed by atoms with Crippen molar-refractivity contribution in [3.8, 4) is 11.5 Å². The third kappa shape index (κ3) is 13.3. The largest absolute Gasteiger partial charge is 0.411 e. The summed E-state index contributed by atoms with van der Waals surface area (Å²) in [4.78, 5) is -1.02. The van der Waals surface area contributed by atoms with Crippen molar-refractivity contribution in [3.05, 3.63) is 130 Å². The SMILES string of the molecule is CC=Cc1c(CCCCCCCCC)ccc(C(c2ccc(CCCCCCCCC)c(C=CC)c2OS(=O)(=O)c2ccccc2)(C(F)(F)F)C(F)(F)F)c1OS(=O)(=O)c1ccccc1. The average molecular weight is 949 g/mol. The van der Waals surface area contributed by atoms with E-state index in [1.807, 2.05) is 0 Å². The number of halogens is 6. The molecule has 0 amide bonds. The van der Waals surface area contributed by atoms with Crippen LogP contribution in [-0.2, 0) is 38.5 Å². The highest BCUT2D eigenvalue weighted by Crippen LogP contribution is 2.61. The van der Waals surface area contributed by atoms with E-state index < -0.39 is 70.4 Å². The molecule has 4 aromatic carbocycles. The van der Waals surface area contributed by atoms with Gasteiger partial charge in [0.25, 0.3) is 0 Å². The Labute approximate surface area is 382 Å². The van der Waals surface area contributed by atoms with Gasteiger partial charge in [0.05, 0.1) is 0 Å². The number of hydrogen-bond acceptors (Lipinski definition) is 6. The molecule has 0 saturated carbocycles. The van der Waals surface area contributed by atoms with Crippen molar-refractivity contribution in [3.63, 3.8) is 0 Å². The molecule has 0 aliphatic heterocycles. The van der Waals surface area contributed by atoms with Crippen molar-refractivity contribution in [2.75, 3.05) is 0 Å². The highest BCUT2D eigenvalue weighted by Gasteiger charge is 2.75. The van der Waals surface area contributed by atoms with E-state index in [1.165, 1.54) is 74.5 Å². The van der Waals surface area contributed by atoms with E-state index in [0.29, 0.717) is 37.8 Å². The van der Waals surface area contributed by atoms with Gasteiger partial charge in [-0.05, 0) is 74.9 Å². The summed E-state index contributed by atoms with van der Waals surface area (Å²) >= 11 is 0. The summed E-state index contributed by atoms with van der Waals surface area (Å²) < 4.78 is 167. The molecular formula is C51H62F6O6S2. The molecule has 0 heterocycles. The van der Waals surface area contributed by atoms with Gasteiger partial charge in [0, 0.05) is 22.3 Å². The Morgan fingerprint density at radius 1 is 0.462 bits per heavy atom. The van der Waals surface area contributed by atoms with Gasteiger partial charge in [0.1, 0.15) is 9.79 Å². The van der Waals surface area contributed by atoms with E-state index in [2.05, 4.69) is 13.8 Å². The van der Waals surface area contributed by atoms with Gasteiger partial charge >= 0.3 is 32.6 Å². The molecule has 0 saturated heterocycles. The smallest absolute Gasteiger partial charge is 0.378 e. The molecule has 0 aliphatic carbocycles. The second kappa shape index (κ2) is 24.3. The molecule has 0 fully saturated rings. The molecule has 0 radical (unpaired) electrons. The predicted molar refractivity (Wildman–Crippen MR) is 247 cm³/mol. The molecule has 0 aliphatic rings. The minimum atomic E-state index is -6.32. The number of alkyl halides is 6. The second-order valence-corrected chi connectivity index (χ2v) is 19.3. The van der Waals surface area contributed by atoms with E-state index in [9.17, 15) is 16.8 Å². The Morgan fingerprint density at radius 3 is 1.09 bits per heavy atom. The van der Waals surface area contributed by atoms with Crippen LogP contribution in [0.3, 0.4) is 0 Å². The average Bonchev–Trinajstić information content (AvgIpc) is 3.25. The molecule has 0 atom stereocenters. The summed E-state index contributed by atoms with van der Waals surface area (Å²) in [6.45, 7) is 7.16. The van der Waals surface area contributed by atoms with E-state index >= 15 is 26.3 Å². The summed E-state index contributed by atoms with van der Waals surface area (Å²) in [6, 6.07) is 16.3. The molecule has 14 heteroatoms. The first-order valence-electron chi connectivity index (χ1n) is 22.6. The Bertz CT molecular complexity index is 2220. The van der Waals surface area contributed by atoms with E-state index in [4.69, 9.17) is 8.37 Å². The maximum Gasteiger partial charge on any atom is 0.411 e. The molecule has 0 spiro atoms. The third-order valence-corrected chi connectivity index (χ3v) is 13.9. The number of allylic oxidation sites excluding steroid dienone is 2. The van der Waals surface area contributed by atoms with Crippen molar-refractivity contribution in [2.45, 2.75) is 158 Å². The molecular weight excluding hydrogens is 887 g/mol. The zero-order chi connectivity index (χ0) is 47.7. The Kier molecular flexibility index (Phi) is 19.8. The fourth-order valence-electron chi connectivity index (χ4n) is 8.14. The summed E-state index contributed by atoms with van der Waals surface area (Å²) in [5.74, 6) is -2.39. The number of hydrogen-bond donors (Lipinski definition) is 0. The first kappa shape index (κ1) is 53.1. The summed E-state index contributed by atoms with van der Waals surface area (Å²) in [6.07, 6.45) is 5.26. The van der Waals surface area contributed by atoms with Crippen molar-refractivity contribution in [1.82, 2.24) is 0 Å². The molecule has 4 rings (SSSR count). The molecule has 0 unspecified atom stereocenters. The van der Waals surface area contributed by atoms with Gasteiger partial charge in [-0.2, -0.15) is 43.2 Å². The lowest BCUT2D eigenvalue weighted by Gasteiger charge is -2.40. The van der Waals surface area contributed by atoms with Gasteiger partial charge in [-0.1, -0.05) is 176 Å². The maximum absolute atomic E-state index is 16.5. The molecule has 0 aromatic heterocycles. The Balaban J connectivity index is 2.13. The number of unbranched alkanes of at least 4 members (excludes halogenated alkanes) is 12. The summed E-state index contributed by atoms with van der Waals surface area (Å²) in [5.41, 5.74) is -8.41. The minimum Gasteiger partial charge on any atom is -0.378 e. The fourth-order valence-corrected chi connectivity index (χ4v) is 10.1. The van der Waals surface area contributed by atoms with Gasteiger partial charge in [-0.25, -0.2) is 0 Å². The summed E-state index contributed by atoms with van der Waals surface area (Å²) in [5, 5.41) is 0. The number of aryl methyl sites for hydroxylation is 2. The van der Waals surface area contributed by atoms with Gasteiger partial charge in [0.2, 0.25) is 5.41 Å². The van der Waals surface area contributed by atoms with Gasteiger partial charge in [0.15, 0.2) is 11.5 Å². The first-order chi connectivity index (χ1) is 30.9. The van der Waals surface area contributed by atoms with Crippen LogP contribution in [0.25, 0.3) is 12.2 Å². The van der Waals surface area contributed by atoms with E-state index in [-0.39, 0.29) is 35.1 Å². The first-order valence-corrected chi connectivity index (χ1v) is 25.4. The standard InChI is InChI=1S/C51H62F6O6S2/c1-5-9-11-13-15-17-21-29-39-35-37-45(47(43(39)27-7-3)62-64(58,59)41-31-23-19-24-32-41)49(50(52,53)54,51(55,56)57)46-38-36-40(30-22-18-16-14-12-10-6-2)44(28-8-4)48(46)63-65(60,61)42-33-25-20-26-34-42/h7-8,19-20,23-28,31-38H,5-6,9-18,21-22,29-30H2,1-4H3. The monoisotopic (exact) mass is 948 g/mol. The van der Waals surface area contributed by atoms with Gasteiger partial charge < -0.3 is 8.37 Å². The van der Waals surface area contributed by atoms with Crippen LogP contribution in [0.4, 0.5) is 26.3 Å². The highest BCUT2D eigenvalue weighted by molar-refractivity contribution is 7.87. The zero-order valence-electron chi connectivity index (χ0n) is 37.7. The molecule has 6 nitrogen and oxygen atoms in total. The predicted octanol–water partition coefficient (Wildman–Crippen LogP) is 15.3. The molecule has 65 heavy (non-hydrogen) atoms. The fraction of sp³-hybridized carbons (Fsp3) is 0.451.